The molecule has 0 aliphatic carbocycles. The number of likely N-dealkylation sites (N-methyl/N-ethyl adjacent to an activating group) is 1. The molecule has 2 heterocycles. The number of rotatable bonds is 2. The van der Waals surface area contributed by atoms with Gasteiger partial charge in [-0.05, 0) is 33.4 Å². The third-order valence-corrected chi connectivity index (χ3v) is 3.59. The minimum absolute atomic E-state index is 0.247. The molecule has 4 heteroatoms. The van der Waals surface area contributed by atoms with Gasteiger partial charge in [-0.15, -0.1) is 0 Å². The SMILES string of the molecule is CNCC(=O)N1CC2CCCN2CC1C. The standard InChI is InChI=1S/C11H21N3O/c1-9-7-13-5-3-4-10(13)8-14(9)11(15)6-12-2/h9-10,12H,3-8H2,1-2H3. The summed E-state index contributed by atoms with van der Waals surface area (Å²) in [7, 11) is 1.83. The fraction of sp³-hybridized carbons (Fsp3) is 0.909. The van der Waals surface area contributed by atoms with Gasteiger partial charge in [0.15, 0.2) is 0 Å². The van der Waals surface area contributed by atoms with Gasteiger partial charge in [-0.3, -0.25) is 9.69 Å². The van der Waals surface area contributed by atoms with Crippen LogP contribution in [0.15, 0.2) is 0 Å². The summed E-state index contributed by atoms with van der Waals surface area (Å²) in [5.41, 5.74) is 0. The van der Waals surface area contributed by atoms with E-state index in [1.807, 2.05) is 11.9 Å². The number of hydrogen-bond donors (Lipinski definition) is 1. The maximum Gasteiger partial charge on any atom is 0.236 e. The van der Waals surface area contributed by atoms with Gasteiger partial charge < -0.3 is 10.2 Å². The Morgan fingerprint density at radius 1 is 1.47 bits per heavy atom. The van der Waals surface area contributed by atoms with Crippen LogP contribution in [-0.4, -0.2) is 61.0 Å². The van der Waals surface area contributed by atoms with E-state index in [4.69, 9.17) is 0 Å². The van der Waals surface area contributed by atoms with E-state index in [0.29, 0.717) is 18.6 Å². The van der Waals surface area contributed by atoms with Crippen molar-refractivity contribution in [1.82, 2.24) is 15.1 Å². The Morgan fingerprint density at radius 3 is 3.00 bits per heavy atom. The Kier molecular flexibility index (Phi) is 3.26. The molecule has 2 unspecified atom stereocenters. The second-order valence-electron chi connectivity index (χ2n) is 4.72. The summed E-state index contributed by atoms with van der Waals surface area (Å²) in [5, 5.41) is 2.94. The quantitative estimate of drug-likeness (QED) is 0.693. The molecule has 0 radical (unpaired) electrons. The van der Waals surface area contributed by atoms with E-state index < -0.39 is 0 Å². The average molecular weight is 211 g/mol. The summed E-state index contributed by atoms with van der Waals surface area (Å²) < 4.78 is 0. The van der Waals surface area contributed by atoms with Crippen molar-refractivity contribution < 1.29 is 4.79 Å². The normalized spacial score (nSPS) is 31.7. The van der Waals surface area contributed by atoms with Crippen molar-refractivity contribution in [2.45, 2.75) is 31.8 Å². The number of piperazine rings is 1. The van der Waals surface area contributed by atoms with Gasteiger partial charge >= 0.3 is 0 Å². The fourth-order valence-electron chi connectivity index (χ4n) is 2.79. The zero-order chi connectivity index (χ0) is 10.8. The highest BCUT2D eigenvalue weighted by Gasteiger charge is 2.35. The minimum atomic E-state index is 0.247. The van der Waals surface area contributed by atoms with E-state index in [0.717, 1.165) is 13.1 Å². The van der Waals surface area contributed by atoms with E-state index in [1.54, 1.807) is 0 Å². The van der Waals surface area contributed by atoms with Gasteiger partial charge in [-0.2, -0.15) is 0 Å². The highest BCUT2D eigenvalue weighted by atomic mass is 16.2. The number of carbonyl (C=O) groups is 1. The molecule has 2 saturated heterocycles. The molecular formula is C11H21N3O. The Morgan fingerprint density at radius 2 is 2.27 bits per heavy atom. The van der Waals surface area contributed by atoms with Crippen LogP contribution < -0.4 is 5.32 Å². The Balaban J connectivity index is 1.97. The lowest BCUT2D eigenvalue weighted by Crippen LogP contribution is -2.58. The Bertz CT molecular complexity index is 244. The summed E-state index contributed by atoms with van der Waals surface area (Å²) >= 11 is 0. The molecule has 2 aliphatic rings. The first kappa shape index (κ1) is 10.9. The fourth-order valence-corrected chi connectivity index (χ4v) is 2.79. The number of amides is 1. The van der Waals surface area contributed by atoms with Crippen molar-refractivity contribution in [2.75, 3.05) is 33.2 Å². The number of nitrogens with zero attached hydrogens (tertiary/aromatic N) is 2. The van der Waals surface area contributed by atoms with Gasteiger partial charge in [0.1, 0.15) is 0 Å². The van der Waals surface area contributed by atoms with E-state index in [9.17, 15) is 4.79 Å². The van der Waals surface area contributed by atoms with E-state index in [2.05, 4.69) is 17.1 Å². The van der Waals surface area contributed by atoms with Crippen molar-refractivity contribution in [3.63, 3.8) is 0 Å². The van der Waals surface area contributed by atoms with Crippen LogP contribution in [0.4, 0.5) is 0 Å². The average Bonchev–Trinajstić information content (AvgIpc) is 2.63. The summed E-state index contributed by atoms with van der Waals surface area (Å²) in [4.78, 5) is 16.4. The van der Waals surface area contributed by atoms with Gasteiger partial charge in [-0.25, -0.2) is 0 Å². The van der Waals surface area contributed by atoms with Crippen molar-refractivity contribution in [3.8, 4) is 0 Å². The first-order chi connectivity index (χ1) is 7.22. The second kappa shape index (κ2) is 4.49. The molecule has 2 rings (SSSR count). The van der Waals surface area contributed by atoms with Crippen LogP contribution in [0.5, 0.6) is 0 Å². The monoisotopic (exact) mass is 211 g/mol. The van der Waals surface area contributed by atoms with Crippen molar-refractivity contribution in [1.29, 1.82) is 0 Å². The van der Waals surface area contributed by atoms with Gasteiger partial charge in [-0.1, -0.05) is 0 Å². The summed E-state index contributed by atoms with van der Waals surface area (Å²) in [6, 6.07) is 1.00. The van der Waals surface area contributed by atoms with Crippen LogP contribution in [0.1, 0.15) is 19.8 Å². The molecule has 0 spiro atoms. The maximum atomic E-state index is 11.8. The molecule has 1 N–H and O–H groups in total. The van der Waals surface area contributed by atoms with Crippen LogP contribution >= 0.6 is 0 Å². The lowest BCUT2D eigenvalue weighted by molar-refractivity contribution is -0.135. The highest BCUT2D eigenvalue weighted by molar-refractivity contribution is 5.78. The molecule has 2 fully saturated rings. The smallest absolute Gasteiger partial charge is 0.236 e. The molecule has 4 nitrogen and oxygen atoms in total. The molecule has 0 saturated carbocycles. The van der Waals surface area contributed by atoms with Crippen LogP contribution in [0.2, 0.25) is 0 Å². The predicted octanol–water partition coefficient (Wildman–Crippen LogP) is -0.0991. The maximum absolute atomic E-state index is 11.8. The van der Waals surface area contributed by atoms with Gasteiger partial charge in [0, 0.05) is 25.2 Å². The molecule has 0 aromatic carbocycles. The third-order valence-electron chi connectivity index (χ3n) is 3.59. The topological polar surface area (TPSA) is 35.6 Å². The third kappa shape index (κ3) is 2.16. The highest BCUT2D eigenvalue weighted by Crippen LogP contribution is 2.24. The summed E-state index contributed by atoms with van der Waals surface area (Å²) in [6.07, 6.45) is 2.56. The van der Waals surface area contributed by atoms with Crippen molar-refractivity contribution in [3.05, 3.63) is 0 Å². The first-order valence-corrected chi connectivity index (χ1v) is 5.90. The zero-order valence-corrected chi connectivity index (χ0v) is 9.70. The van der Waals surface area contributed by atoms with Crippen LogP contribution in [0, 0.1) is 0 Å². The Hall–Kier alpha value is -0.610. The molecule has 86 valence electrons. The molecular weight excluding hydrogens is 190 g/mol. The number of fused-ring (bicyclic) bond motifs is 1. The number of nitrogens with one attached hydrogen (secondary N) is 1. The van der Waals surface area contributed by atoms with E-state index in [1.165, 1.54) is 19.4 Å². The largest absolute Gasteiger partial charge is 0.336 e. The number of hydrogen-bond acceptors (Lipinski definition) is 3. The zero-order valence-electron chi connectivity index (χ0n) is 9.70. The van der Waals surface area contributed by atoms with Gasteiger partial charge in [0.05, 0.1) is 6.54 Å². The molecule has 2 atom stereocenters. The first-order valence-electron chi connectivity index (χ1n) is 5.90. The lowest BCUT2D eigenvalue weighted by Gasteiger charge is -2.42. The predicted molar refractivity (Wildman–Crippen MR) is 59.7 cm³/mol. The molecule has 1 amide bonds. The van der Waals surface area contributed by atoms with Crippen molar-refractivity contribution >= 4 is 5.91 Å². The second-order valence-corrected chi connectivity index (χ2v) is 4.72. The molecule has 0 aromatic heterocycles. The molecule has 15 heavy (non-hydrogen) atoms. The summed E-state index contributed by atoms with van der Waals surface area (Å²) in [6.45, 7) is 5.84. The van der Waals surface area contributed by atoms with Crippen LogP contribution in [0.25, 0.3) is 0 Å². The van der Waals surface area contributed by atoms with Crippen molar-refractivity contribution in [2.24, 2.45) is 0 Å². The van der Waals surface area contributed by atoms with Gasteiger partial charge in [0.2, 0.25) is 5.91 Å². The van der Waals surface area contributed by atoms with Gasteiger partial charge in [0.25, 0.3) is 0 Å². The van der Waals surface area contributed by atoms with E-state index in [-0.39, 0.29) is 5.91 Å². The molecule has 0 bridgehead atoms. The minimum Gasteiger partial charge on any atom is -0.336 e. The van der Waals surface area contributed by atoms with E-state index >= 15 is 0 Å². The number of carbonyl (C=O) groups excluding carboxylic acids is 1. The van der Waals surface area contributed by atoms with Crippen LogP contribution in [0.3, 0.4) is 0 Å². The lowest BCUT2D eigenvalue weighted by atomic mass is 10.1. The molecule has 0 aromatic rings. The Labute approximate surface area is 91.6 Å². The van der Waals surface area contributed by atoms with Crippen LogP contribution in [-0.2, 0) is 4.79 Å². The summed E-state index contributed by atoms with van der Waals surface area (Å²) in [5.74, 6) is 0.247. The molecule has 2 aliphatic heterocycles.